The normalized spacial score (nSPS) is 12.1. The molecule has 0 spiro atoms. The van der Waals surface area contributed by atoms with Crippen LogP contribution in [0.25, 0.3) is 33.2 Å². The molecule has 1 amide bonds. The zero-order valence-electron chi connectivity index (χ0n) is 26.3. The number of carboxylic acids is 1. The van der Waals surface area contributed by atoms with Gasteiger partial charge < -0.3 is 29.6 Å². The number of carboxylic acid groups (broad SMARTS) is 1. The van der Waals surface area contributed by atoms with Crippen molar-refractivity contribution in [2.45, 2.75) is 59.4 Å². The Morgan fingerprint density at radius 2 is 1.70 bits per heavy atom. The number of aromatic nitrogens is 3. The van der Waals surface area contributed by atoms with Crippen LogP contribution in [0.15, 0.2) is 53.5 Å². The highest BCUT2D eigenvalue weighted by molar-refractivity contribution is 5.97. The molecule has 11 nitrogen and oxygen atoms in total. The Bertz CT molecular complexity index is 1780. The lowest BCUT2D eigenvalue weighted by Gasteiger charge is -2.19. The first kappa shape index (κ1) is 35.8. The van der Waals surface area contributed by atoms with Gasteiger partial charge in [-0.05, 0) is 50.5 Å². The van der Waals surface area contributed by atoms with E-state index in [2.05, 4.69) is 13.8 Å². The number of likely N-dealkylation sites (N-methyl/N-ethyl adjacent to an activating group) is 1. The molecule has 4 aromatic rings. The van der Waals surface area contributed by atoms with E-state index in [1.54, 1.807) is 27.7 Å². The predicted molar refractivity (Wildman–Crippen MR) is 167 cm³/mol. The maximum Gasteiger partial charge on any atom is 0.490 e. The molecule has 2 aromatic carbocycles. The quantitative estimate of drug-likeness (QED) is 0.236. The van der Waals surface area contributed by atoms with Crippen LogP contribution in [0.4, 0.5) is 13.2 Å². The predicted octanol–water partition coefficient (Wildman–Crippen LogP) is 4.68. The van der Waals surface area contributed by atoms with E-state index >= 15 is 0 Å². The second kappa shape index (κ2) is 15.0. The number of fused-ring (bicyclic) bond motifs is 2. The van der Waals surface area contributed by atoms with Crippen molar-refractivity contribution in [3.05, 3.63) is 64.6 Å². The maximum atomic E-state index is 14.1. The van der Waals surface area contributed by atoms with E-state index in [-0.39, 0.29) is 36.3 Å². The van der Waals surface area contributed by atoms with Crippen molar-refractivity contribution in [1.82, 2.24) is 19.0 Å². The van der Waals surface area contributed by atoms with Gasteiger partial charge in [-0.2, -0.15) is 13.2 Å². The van der Waals surface area contributed by atoms with Gasteiger partial charge >= 0.3 is 18.1 Å². The van der Waals surface area contributed by atoms with Crippen LogP contribution in [-0.2, 0) is 27.4 Å². The number of rotatable bonds is 10. The molecule has 0 saturated carbocycles. The van der Waals surface area contributed by atoms with Gasteiger partial charge in [0.1, 0.15) is 12.2 Å². The summed E-state index contributed by atoms with van der Waals surface area (Å²) in [6.07, 6.45) is -2.52. The van der Waals surface area contributed by atoms with Crippen LogP contribution in [0.2, 0.25) is 0 Å². The highest BCUT2D eigenvalue weighted by Crippen LogP contribution is 2.29. The summed E-state index contributed by atoms with van der Waals surface area (Å²) < 4.78 is 40.1. The minimum atomic E-state index is -5.08. The zero-order chi connectivity index (χ0) is 34.3. The van der Waals surface area contributed by atoms with Gasteiger partial charge in [0.15, 0.2) is 0 Å². The van der Waals surface area contributed by atoms with Gasteiger partial charge in [0, 0.05) is 48.3 Å². The fourth-order valence-corrected chi connectivity index (χ4v) is 5.14. The fourth-order valence-electron chi connectivity index (χ4n) is 5.14. The van der Waals surface area contributed by atoms with Crippen LogP contribution in [0.1, 0.15) is 44.5 Å². The van der Waals surface area contributed by atoms with E-state index in [1.165, 1.54) is 7.11 Å². The van der Waals surface area contributed by atoms with Crippen LogP contribution in [0, 0.1) is 5.92 Å². The van der Waals surface area contributed by atoms with Crippen LogP contribution in [0.3, 0.4) is 0 Å². The Kier molecular flexibility index (Phi) is 11.7. The van der Waals surface area contributed by atoms with Crippen molar-refractivity contribution in [2.24, 2.45) is 11.7 Å². The number of nitrogens with two attached hydrogens (primary N) is 1. The average Bonchev–Trinajstić information content (AvgIpc) is 3.35. The van der Waals surface area contributed by atoms with Crippen molar-refractivity contribution in [3.8, 4) is 11.3 Å². The van der Waals surface area contributed by atoms with Gasteiger partial charge in [-0.3, -0.25) is 9.59 Å². The Balaban J connectivity index is 0.000000738. The summed E-state index contributed by atoms with van der Waals surface area (Å²) in [7, 11) is 1.32. The van der Waals surface area contributed by atoms with E-state index in [9.17, 15) is 27.6 Å². The third-order valence-electron chi connectivity index (χ3n) is 7.27. The number of aliphatic carboxylic acids is 1. The molecule has 3 N–H and O–H groups in total. The summed E-state index contributed by atoms with van der Waals surface area (Å²) in [4.78, 5) is 54.7. The smallest absolute Gasteiger partial charge is 0.475 e. The lowest BCUT2D eigenvalue weighted by Crippen LogP contribution is -2.34. The van der Waals surface area contributed by atoms with Gasteiger partial charge in [0.25, 0.3) is 5.56 Å². The number of benzene rings is 2. The number of alkyl halides is 3. The number of nitrogens with zero attached hydrogens (tertiary/aromatic N) is 4. The molecule has 0 bridgehead atoms. The molecule has 4 rings (SSSR count). The monoisotopic (exact) mass is 645 g/mol. The largest absolute Gasteiger partial charge is 0.490 e. The highest BCUT2D eigenvalue weighted by atomic mass is 19.4. The standard InChI is InChI=1S/C30H37N5O4.C2HF3O2/c1-6-33(7-2)27(36)18-34-17-23(22-10-8-9-11-25(22)34)28-29(37)35(16-21(31)14-19(3)4)26-15-20(30(38)39-5)12-13-24(26)32-28;3-2(4,5)1(6)7/h8-13,15,17,19,21H,6-7,14,16,18,31H2,1-5H3;(H,6,7). The highest BCUT2D eigenvalue weighted by Gasteiger charge is 2.38. The van der Waals surface area contributed by atoms with Gasteiger partial charge in [-0.1, -0.05) is 32.0 Å². The maximum absolute atomic E-state index is 14.1. The molecule has 0 aliphatic heterocycles. The lowest BCUT2D eigenvalue weighted by atomic mass is 10.0. The number of para-hydroxylation sites is 1. The Morgan fingerprint density at radius 1 is 1.07 bits per heavy atom. The van der Waals surface area contributed by atoms with E-state index in [1.807, 2.05) is 48.9 Å². The molecule has 2 heterocycles. The molecule has 46 heavy (non-hydrogen) atoms. The van der Waals surface area contributed by atoms with Crippen molar-refractivity contribution in [2.75, 3.05) is 20.2 Å². The minimum absolute atomic E-state index is 0.00573. The number of hydrogen-bond donors (Lipinski definition) is 2. The number of esters is 1. The molecule has 0 aliphatic rings. The topological polar surface area (TPSA) is 150 Å². The third-order valence-corrected chi connectivity index (χ3v) is 7.27. The molecular formula is C32H38F3N5O6. The number of amides is 1. The van der Waals surface area contributed by atoms with Crippen LogP contribution < -0.4 is 11.3 Å². The van der Waals surface area contributed by atoms with E-state index < -0.39 is 18.1 Å². The summed E-state index contributed by atoms with van der Waals surface area (Å²) in [6.45, 7) is 9.77. The first-order valence-electron chi connectivity index (χ1n) is 14.7. The van der Waals surface area contributed by atoms with E-state index in [0.717, 1.165) is 17.3 Å². The molecule has 0 radical (unpaired) electrons. The Morgan fingerprint density at radius 3 is 2.26 bits per heavy atom. The number of ether oxygens (including phenoxy) is 1. The van der Waals surface area contributed by atoms with Gasteiger partial charge in [0.05, 0.1) is 23.7 Å². The minimum Gasteiger partial charge on any atom is -0.475 e. The van der Waals surface area contributed by atoms with Crippen molar-refractivity contribution < 1.29 is 37.4 Å². The average molecular weight is 646 g/mol. The second-order valence-corrected chi connectivity index (χ2v) is 11.0. The van der Waals surface area contributed by atoms with Gasteiger partial charge in [0.2, 0.25) is 5.91 Å². The number of methoxy groups -OCH3 is 1. The third kappa shape index (κ3) is 8.30. The molecule has 0 fully saturated rings. The Hall–Kier alpha value is -4.72. The Labute approximate surface area is 263 Å². The van der Waals surface area contributed by atoms with Gasteiger partial charge in [-0.15, -0.1) is 0 Å². The molecule has 0 saturated heterocycles. The molecule has 14 heteroatoms. The van der Waals surface area contributed by atoms with Crippen molar-refractivity contribution in [3.63, 3.8) is 0 Å². The molecule has 2 aromatic heterocycles. The van der Waals surface area contributed by atoms with Crippen LogP contribution in [0.5, 0.6) is 0 Å². The van der Waals surface area contributed by atoms with E-state index in [0.29, 0.717) is 41.2 Å². The first-order valence-corrected chi connectivity index (χ1v) is 14.7. The van der Waals surface area contributed by atoms with Crippen LogP contribution >= 0.6 is 0 Å². The van der Waals surface area contributed by atoms with Gasteiger partial charge in [-0.25, -0.2) is 14.6 Å². The summed E-state index contributed by atoms with van der Waals surface area (Å²) >= 11 is 0. The number of carbonyl (C=O) groups is 3. The molecule has 248 valence electrons. The molecule has 0 aliphatic carbocycles. The molecule has 1 unspecified atom stereocenters. The van der Waals surface area contributed by atoms with E-state index in [4.69, 9.17) is 25.4 Å². The lowest BCUT2D eigenvalue weighted by molar-refractivity contribution is -0.192. The zero-order valence-corrected chi connectivity index (χ0v) is 26.3. The van der Waals surface area contributed by atoms with Crippen LogP contribution in [-0.4, -0.2) is 74.4 Å². The summed E-state index contributed by atoms with van der Waals surface area (Å²) in [6, 6.07) is 12.4. The molecule has 1 atom stereocenters. The summed E-state index contributed by atoms with van der Waals surface area (Å²) in [5, 5.41) is 7.96. The molecular weight excluding hydrogens is 607 g/mol. The fraction of sp³-hybridized carbons (Fsp3) is 0.406. The van der Waals surface area contributed by atoms with Crippen molar-refractivity contribution in [1.29, 1.82) is 0 Å². The second-order valence-electron chi connectivity index (χ2n) is 11.0. The first-order chi connectivity index (χ1) is 21.6. The van der Waals surface area contributed by atoms with Crippen molar-refractivity contribution >= 4 is 39.8 Å². The summed E-state index contributed by atoms with van der Waals surface area (Å²) in [5.41, 5.74) is 9.34. The number of halogens is 3. The number of hydrogen-bond acceptors (Lipinski definition) is 7. The SMILES string of the molecule is CCN(CC)C(=O)Cn1cc(-c2nc3ccc(C(=O)OC)cc3n(CC(N)CC(C)C)c2=O)c2ccccc21.O=C(O)C(F)(F)F. The summed E-state index contributed by atoms with van der Waals surface area (Å²) in [5.74, 6) is -2.89. The number of carbonyl (C=O) groups excluding carboxylic acids is 2.